The summed E-state index contributed by atoms with van der Waals surface area (Å²) in [6.07, 6.45) is -0.738. The Morgan fingerprint density at radius 1 is 1.10 bits per heavy atom. The molecular formula is C21H24F3N3O2. The molecule has 156 valence electrons. The normalized spacial score (nSPS) is 22.6. The average Bonchev–Trinajstić information content (AvgIpc) is 3.33. The predicted molar refractivity (Wildman–Crippen MR) is 102 cm³/mol. The Kier molecular flexibility index (Phi) is 5.12. The van der Waals surface area contributed by atoms with E-state index in [1.165, 1.54) is 13.0 Å². The summed E-state index contributed by atoms with van der Waals surface area (Å²) in [5.41, 5.74) is 1.48. The first-order chi connectivity index (χ1) is 13.7. The van der Waals surface area contributed by atoms with Crippen LogP contribution < -0.4 is 0 Å². The van der Waals surface area contributed by atoms with Gasteiger partial charge in [0.15, 0.2) is 0 Å². The third-order valence-electron chi connectivity index (χ3n) is 6.27. The van der Waals surface area contributed by atoms with Crippen LogP contribution in [0, 0.1) is 5.92 Å². The average molecular weight is 407 g/mol. The van der Waals surface area contributed by atoms with E-state index in [-0.39, 0.29) is 23.8 Å². The van der Waals surface area contributed by atoms with Crippen LogP contribution >= 0.6 is 0 Å². The highest BCUT2D eigenvalue weighted by molar-refractivity contribution is 5.96. The van der Waals surface area contributed by atoms with Crippen LogP contribution in [0.25, 0.3) is 0 Å². The van der Waals surface area contributed by atoms with Crippen molar-refractivity contribution in [1.29, 1.82) is 0 Å². The number of aliphatic imine (C=N–C) groups is 1. The lowest BCUT2D eigenvalue weighted by atomic mass is 9.89. The first-order valence-corrected chi connectivity index (χ1v) is 10.1. The van der Waals surface area contributed by atoms with Gasteiger partial charge in [-0.25, -0.2) is 0 Å². The fourth-order valence-corrected chi connectivity index (χ4v) is 4.66. The van der Waals surface area contributed by atoms with Crippen LogP contribution in [0.5, 0.6) is 0 Å². The minimum Gasteiger partial charge on any atom is -0.341 e. The second-order valence-electron chi connectivity index (χ2n) is 8.09. The van der Waals surface area contributed by atoms with E-state index >= 15 is 0 Å². The lowest BCUT2D eigenvalue weighted by Gasteiger charge is -2.35. The second kappa shape index (κ2) is 7.46. The Bertz CT molecular complexity index is 857. The fourth-order valence-electron chi connectivity index (χ4n) is 4.66. The number of hydrogen-bond donors (Lipinski definition) is 0. The van der Waals surface area contributed by atoms with Gasteiger partial charge in [-0.2, -0.15) is 13.2 Å². The van der Waals surface area contributed by atoms with E-state index in [2.05, 4.69) is 4.99 Å². The Labute approximate surface area is 167 Å². The molecule has 29 heavy (non-hydrogen) atoms. The van der Waals surface area contributed by atoms with Gasteiger partial charge in [-0.3, -0.25) is 14.6 Å². The Balaban J connectivity index is 1.39. The minimum atomic E-state index is -4.37. The number of carbonyl (C=O) groups is 2. The van der Waals surface area contributed by atoms with Gasteiger partial charge in [0.25, 0.3) is 0 Å². The van der Waals surface area contributed by atoms with Crippen LogP contribution in [-0.2, 0) is 22.2 Å². The van der Waals surface area contributed by atoms with E-state index in [0.29, 0.717) is 38.2 Å². The number of benzene rings is 1. The van der Waals surface area contributed by atoms with Crippen LogP contribution in [0.3, 0.4) is 0 Å². The molecule has 0 unspecified atom stereocenters. The van der Waals surface area contributed by atoms with Crippen LogP contribution in [0.4, 0.5) is 18.9 Å². The van der Waals surface area contributed by atoms with Crippen LogP contribution in [0.1, 0.15) is 43.7 Å². The van der Waals surface area contributed by atoms with Crippen molar-refractivity contribution in [3.8, 4) is 0 Å². The molecule has 2 fully saturated rings. The van der Waals surface area contributed by atoms with Crippen LogP contribution in [0.15, 0.2) is 23.2 Å². The zero-order valence-electron chi connectivity index (χ0n) is 16.3. The number of piperidine rings is 1. The summed E-state index contributed by atoms with van der Waals surface area (Å²) in [5.74, 6) is 0.128. The van der Waals surface area contributed by atoms with E-state index < -0.39 is 11.7 Å². The van der Waals surface area contributed by atoms with Crippen molar-refractivity contribution in [3.05, 3.63) is 29.3 Å². The maximum atomic E-state index is 12.9. The molecule has 8 heteroatoms. The number of nitrogens with zero attached hydrogens (tertiary/aromatic N) is 3. The molecule has 0 bridgehead atoms. The van der Waals surface area contributed by atoms with E-state index in [1.807, 2.05) is 4.90 Å². The van der Waals surface area contributed by atoms with Gasteiger partial charge in [0, 0.05) is 44.6 Å². The van der Waals surface area contributed by atoms with Crippen molar-refractivity contribution in [1.82, 2.24) is 9.80 Å². The third-order valence-corrected chi connectivity index (χ3v) is 6.27. The number of hydrogen-bond acceptors (Lipinski definition) is 3. The minimum absolute atomic E-state index is 0.0163. The summed E-state index contributed by atoms with van der Waals surface area (Å²) < 4.78 is 38.8. The predicted octanol–water partition coefficient (Wildman–Crippen LogP) is 3.58. The molecular weight excluding hydrogens is 383 g/mol. The lowest BCUT2D eigenvalue weighted by molar-refractivity contribution is -0.143. The molecule has 1 aromatic carbocycles. The van der Waals surface area contributed by atoms with Gasteiger partial charge in [-0.1, -0.05) is 6.07 Å². The second-order valence-corrected chi connectivity index (χ2v) is 8.09. The summed E-state index contributed by atoms with van der Waals surface area (Å²) >= 11 is 0. The molecule has 1 atom stereocenters. The smallest absolute Gasteiger partial charge is 0.341 e. The summed E-state index contributed by atoms with van der Waals surface area (Å²) in [4.78, 5) is 32.6. The van der Waals surface area contributed by atoms with Crippen molar-refractivity contribution in [2.75, 3.05) is 19.6 Å². The zero-order chi connectivity index (χ0) is 20.8. The van der Waals surface area contributed by atoms with Crippen molar-refractivity contribution in [2.24, 2.45) is 10.9 Å². The Morgan fingerprint density at radius 2 is 1.83 bits per heavy atom. The zero-order valence-corrected chi connectivity index (χ0v) is 16.3. The van der Waals surface area contributed by atoms with Crippen molar-refractivity contribution in [3.63, 3.8) is 0 Å². The molecule has 3 aliphatic rings. The molecule has 5 nitrogen and oxygen atoms in total. The summed E-state index contributed by atoms with van der Waals surface area (Å²) in [6.45, 7) is 3.32. The Hall–Kier alpha value is -2.38. The molecule has 1 aromatic rings. The largest absolute Gasteiger partial charge is 0.416 e. The van der Waals surface area contributed by atoms with Crippen molar-refractivity contribution in [2.45, 2.75) is 51.2 Å². The van der Waals surface area contributed by atoms with Gasteiger partial charge in [0.1, 0.15) is 6.04 Å². The van der Waals surface area contributed by atoms with Gasteiger partial charge in [0.05, 0.1) is 11.3 Å². The molecule has 3 aliphatic heterocycles. The number of fused-ring (bicyclic) bond motifs is 1. The quantitative estimate of drug-likeness (QED) is 0.753. The molecule has 3 heterocycles. The number of halogens is 3. The van der Waals surface area contributed by atoms with Crippen LogP contribution in [0.2, 0.25) is 0 Å². The number of carbonyl (C=O) groups excluding carboxylic acids is 2. The van der Waals surface area contributed by atoms with E-state index in [1.54, 1.807) is 4.90 Å². The molecule has 2 amide bonds. The first-order valence-electron chi connectivity index (χ1n) is 10.1. The fraction of sp³-hybridized carbons (Fsp3) is 0.571. The molecule has 0 spiro atoms. The molecule has 4 rings (SSSR count). The summed E-state index contributed by atoms with van der Waals surface area (Å²) in [7, 11) is 0. The topological polar surface area (TPSA) is 53.0 Å². The highest BCUT2D eigenvalue weighted by atomic mass is 19.4. The van der Waals surface area contributed by atoms with Gasteiger partial charge in [0.2, 0.25) is 11.8 Å². The van der Waals surface area contributed by atoms with E-state index in [0.717, 1.165) is 42.7 Å². The van der Waals surface area contributed by atoms with Crippen molar-refractivity contribution >= 4 is 23.2 Å². The summed E-state index contributed by atoms with van der Waals surface area (Å²) in [5, 5.41) is 0. The molecule has 2 saturated heterocycles. The van der Waals surface area contributed by atoms with Gasteiger partial charge < -0.3 is 9.80 Å². The van der Waals surface area contributed by atoms with Gasteiger partial charge in [-0.05, 0) is 43.4 Å². The number of likely N-dealkylation sites (tertiary alicyclic amines) is 2. The maximum absolute atomic E-state index is 12.9. The first kappa shape index (κ1) is 19.9. The maximum Gasteiger partial charge on any atom is 0.416 e. The molecule has 0 aromatic heterocycles. The third kappa shape index (κ3) is 3.89. The monoisotopic (exact) mass is 407 g/mol. The molecule has 0 radical (unpaired) electrons. The van der Waals surface area contributed by atoms with Crippen LogP contribution in [-0.4, -0.2) is 53.0 Å². The van der Waals surface area contributed by atoms with Crippen molar-refractivity contribution < 1.29 is 22.8 Å². The Morgan fingerprint density at radius 3 is 2.48 bits per heavy atom. The number of amides is 2. The molecule has 0 saturated carbocycles. The number of rotatable bonds is 2. The van der Waals surface area contributed by atoms with Gasteiger partial charge in [-0.15, -0.1) is 0 Å². The van der Waals surface area contributed by atoms with E-state index in [4.69, 9.17) is 0 Å². The molecule has 0 N–H and O–H groups in total. The highest BCUT2D eigenvalue weighted by Crippen LogP contribution is 2.37. The highest BCUT2D eigenvalue weighted by Gasteiger charge is 2.37. The standard InChI is InChI=1S/C21H24F3N3O2/c1-13(28)27-8-2-3-19(27)20(29)26-9-6-14(7-10-26)17-11-15-4-5-16(21(22,23)24)12-18(15)25-17/h4-5,12,14,19H,2-3,6-11H2,1H3/t19-/m1/s1. The summed E-state index contributed by atoms with van der Waals surface area (Å²) in [6, 6.07) is 3.40. The number of alkyl halides is 3. The SMILES string of the molecule is CC(=O)N1CCC[C@@H]1C(=O)N1CCC(C2=Nc3cc(C(F)(F)F)ccc3C2)CC1. The lowest BCUT2D eigenvalue weighted by Crippen LogP contribution is -2.50. The van der Waals surface area contributed by atoms with Gasteiger partial charge >= 0.3 is 6.18 Å². The molecule has 0 aliphatic carbocycles. The van der Waals surface area contributed by atoms with E-state index in [9.17, 15) is 22.8 Å².